The lowest BCUT2D eigenvalue weighted by Gasteiger charge is -2.31. The van der Waals surface area contributed by atoms with Crippen molar-refractivity contribution < 1.29 is 14.0 Å². The zero-order valence-corrected chi connectivity index (χ0v) is 16.6. The maximum absolute atomic E-state index is 13.6. The number of hydrogen-bond acceptors (Lipinski definition) is 3. The fourth-order valence-electron chi connectivity index (χ4n) is 4.98. The van der Waals surface area contributed by atoms with Crippen LogP contribution in [0.3, 0.4) is 0 Å². The lowest BCUT2D eigenvalue weighted by molar-refractivity contribution is -0.132. The molecule has 0 unspecified atom stereocenters. The molecule has 152 valence electrons. The normalized spacial score (nSPS) is 23.9. The summed E-state index contributed by atoms with van der Waals surface area (Å²) in [6.45, 7) is 4.47. The van der Waals surface area contributed by atoms with Gasteiger partial charge in [0.15, 0.2) is 0 Å². The molecule has 2 fully saturated rings. The molecule has 4 rings (SSSR count). The molecule has 3 atom stereocenters. The molecule has 2 aromatic carbocycles. The molecule has 0 radical (unpaired) electrons. The molecule has 2 heterocycles. The second-order valence-corrected chi connectivity index (χ2v) is 8.24. The second kappa shape index (κ2) is 7.95. The summed E-state index contributed by atoms with van der Waals surface area (Å²) < 4.78 is 13.6. The molecular weight excluding hydrogens is 369 g/mol. The minimum atomic E-state index is -0.328. The minimum Gasteiger partial charge on any atom is -0.369 e. The first-order valence-electron chi connectivity index (χ1n) is 10.0. The van der Waals surface area contributed by atoms with Gasteiger partial charge in [0.05, 0.1) is 19.0 Å². The van der Waals surface area contributed by atoms with Crippen molar-refractivity contribution in [3.8, 4) is 0 Å². The number of rotatable bonds is 5. The van der Waals surface area contributed by atoms with Crippen LogP contribution in [0.15, 0.2) is 48.5 Å². The smallest absolute Gasteiger partial charge is 0.231 e. The van der Waals surface area contributed by atoms with Gasteiger partial charge in [0.1, 0.15) is 5.82 Å². The summed E-state index contributed by atoms with van der Waals surface area (Å²) in [6, 6.07) is 14.3. The van der Waals surface area contributed by atoms with Gasteiger partial charge < -0.3 is 10.6 Å². The van der Waals surface area contributed by atoms with Crippen LogP contribution in [0.25, 0.3) is 0 Å². The van der Waals surface area contributed by atoms with E-state index in [0.29, 0.717) is 18.0 Å². The number of hydrogen-bond donors (Lipinski definition) is 1. The molecular formula is C23H26FN3O2. The fourth-order valence-corrected chi connectivity index (χ4v) is 4.98. The number of aryl methyl sites for hydroxylation is 1. The molecule has 2 aliphatic heterocycles. The van der Waals surface area contributed by atoms with E-state index in [1.54, 1.807) is 12.1 Å². The first kappa shape index (κ1) is 19.6. The number of carbonyl (C=O) groups is 2. The number of halogens is 1. The summed E-state index contributed by atoms with van der Waals surface area (Å²) >= 11 is 0. The first-order valence-corrected chi connectivity index (χ1v) is 10.0. The molecule has 2 aliphatic rings. The van der Waals surface area contributed by atoms with Gasteiger partial charge >= 0.3 is 0 Å². The van der Waals surface area contributed by atoms with Crippen LogP contribution in [0.2, 0.25) is 0 Å². The van der Waals surface area contributed by atoms with E-state index in [-0.39, 0.29) is 42.6 Å². The maximum atomic E-state index is 13.6. The summed E-state index contributed by atoms with van der Waals surface area (Å²) in [6.07, 6.45) is 0.185. The standard InChI is InChI=1S/C23H26FN3O2/c1-15-5-2-3-8-19(15)23-20-13-26(14-21(25)28)11-17(20)12-27(23)22(29)10-16-6-4-7-18(24)9-16/h2-9,17,20,23H,10-14H2,1H3,(H2,25,28)/t17-,20-,23+/m0/s1. The average Bonchev–Trinajstić information content (AvgIpc) is 3.19. The number of primary amides is 1. The highest BCUT2D eigenvalue weighted by Crippen LogP contribution is 2.45. The molecule has 0 aromatic heterocycles. The van der Waals surface area contributed by atoms with Crippen molar-refractivity contribution in [3.63, 3.8) is 0 Å². The third-order valence-electron chi connectivity index (χ3n) is 6.19. The maximum Gasteiger partial charge on any atom is 0.231 e. The predicted octanol–water partition coefficient (Wildman–Crippen LogP) is 2.29. The van der Waals surface area contributed by atoms with Crippen LogP contribution in [0.1, 0.15) is 22.7 Å². The molecule has 0 saturated carbocycles. The largest absolute Gasteiger partial charge is 0.369 e. The van der Waals surface area contributed by atoms with Crippen LogP contribution in [0.4, 0.5) is 4.39 Å². The molecule has 5 nitrogen and oxygen atoms in total. The van der Waals surface area contributed by atoms with Gasteiger partial charge in [-0.15, -0.1) is 0 Å². The summed E-state index contributed by atoms with van der Waals surface area (Å²) in [5.41, 5.74) is 8.37. The Morgan fingerprint density at radius 1 is 1.10 bits per heavy atom. The summed E-state index contributed by atoms with van der Waals surface area (Å²) in [7, 11) is 0. The lowest BCUT2D eigenvalue weighted by Crippen LogP contribution is -2.38. The molecule has 6 heteroatoms. The fraction of sp³-hybridized carbons (Fsp3) is 0.391. The molecule has 0 bridgehead atoms. The Hall–Kier alpha value is -2.73. The van der Waals surface area contributed by atoms with E-state index >= 15 is 0 Å². The third kappa shape index (κ3) is 4.03. The van der Waals surface area contributed by atoms with Crippen molar-refractivity contribution in [2.45, 2.75) is 19.4 Å². The Balaban J connectivity index is 1.60. The van der Waals surface area contributed by atoms with Crippen molar-refractivity contribution >= 4 is 11.8 Å². The Bertz CT molecular complexity index is 932. The van der Waals surface area contributed by atoms with Crippen LogP contribution >= 0.6 is 0 Å². The Kier molecular flexibility index (Phi) is 5.37. The van der Waals surface area contributed by atoms with E-state index in [4.69, 9.17) is 5.73 Å². The van der Waals surface area contributed by atoms with Crippen molar-refractivity contribution in [2.75, 3.05) is 26.2 Å². The quantitative estimate of drug-likeness (QED) is 0.845. The number of nitrogens with zero attached hydrogens (tertiary/aromatic N) is 2. The van der Waals surface area contributed by atoms with E-state index in [0.717, 1.165) is 24.2 Å². The molecule has 2 N–H and O–H groups in total. The SMILES string of the molecule is Cc1ccccc1[C@@H]1[C@H]2CN(CC(N)=O)C[C@H]2CN1C(=O)Cc1cccc(F)c1. The number of carbonyl (C=O) groups excluding carboxylic acids is 2. The van der Waals surface area contributed by atoms with Gasteiger partial charge in [0.25, 0.3) is 0 Å². The van der Waals surface area contributed by atoms with E-state index < -0.39 is 0 Å². The molecule has 2 saturated heterocycles. The third-order valence-corrected chi connectivity index (χ3v) is 6.19. The van der Waals surface area contributed by atoms with Gasteiger partial charge in [-0.3, -0.25) is 14.5 Å². The van der Waals surface area contributed by atoms with E-state index in [1.165, 1.54) is 12.1 Å². The Morgan fingerprint density at radius 2 is 1.90 bits per heavy atom. The number of likely N-dealkylation sites (tertiary alicyclic amines) is 2. The summed E-state index contributed by atoms with van der Waals surface area (Å²) in [4.78, 5) is 28.7. The summed E-state index contributed by atoms with van der Waals surface area (Å²) in [5, 5.41) is 0. The summed E-state index contributed by atoms with van der Waals surface area (Å²) in [5.74, 6) is -0.0791. The first-order chi connectivity index (χ1) is 13.9. The number of benzene rings is 2. The highest BCUT2D eigenvalue weighted by molar-refractivity contribution is 5.80. The molecule has 29 heavy (non-hydrogen) atoms. The van der Waals surface area contributed by atoms with Gasteiger partial charge in [0.2, 0.25) is 11.8 Å². The Morgan fingerprint density at radius 3 is 2.62 bits per heavy atom. The average molecular weight is 395 g/mol. The number of fused-ring (bicyclic) bond motifs is 1. The zero-order valence-electron chi connectivity index (χ0n) is 16.6. The lowest BCUT2D eigenvalue weighted by atomic mass is 9.87. The zero-order chi connectivity index (χ0) is 20.5. The highest BCUT2D eigenvalue weighted by atomic mass is 19.1. The minimum absolute atomic E-state index is 0.0136. The van der Waals surface area contributed by atoms with Crippen molar-refractivity contribution in [3.05, 3.63) is 71.0 Å². The van der Waals surface area contributed by atoms with Crippen LogP contribution in [0, 0.1) is 24.6 Å². The van der Waals surface area contributed by atoms with Gasteiger partial charge in [-0.1, -0.05) is 36.4 Å². The van der Waals surface area contributed by atoms with E-state index in [2.05, 4.69) is 24.0 Å². The van der Waals surface area contributed by atoms with Crippen LogP contribution in [-0.2, 0) is 16.0 Å². The topological polar surface area (TPSA) is 66.6 Å². The predicted molar refractivity (Wildman–Crippen MR) is 108 cm³/mol. The molecule has 2 amide bonds. The molecule has 0 spiro atoms. The highest BCUT2D eigenvalue weighted by Gasteiger charge is 2.49. The van der Waals surface area contributed by atoms with Crippen molar-refractivity contribution in [1.82, 2.24) is 9.80 Å². The number of amides is 2. The molecule has 2 aromatic rings. The van der Waals surface area contributed by atoms with Crippen LogP contribution in [-0.4, -0.2) is 47.8 Å². The Labute approximate surface area is 170 Å². The second-order valence-electron chi connectivity index (χ2n) is 8.24. The number of nitrogens with two attached hydrogens (primary N) is 1. The van der Waals surface area contributed by atoms with Gasteiger partial charge in [0, 0.05) is 25.6 Å². The molecule has 0 aliphatic carbocycles. The van der Waals surface area contributed by atoms with Crippen LogP contribution < -0.4 is 5.73 Å². The van der Waals surface area contributed by atoms with Gasteiger partial charge in [-0.2, -0.15) is 0 Å². The van der Waals surface area contributed by atoms with Crippen molar-refractivity contribution in [1.29, 1.82) is 0 Å². The van der Waals surface area contributed by atoms with Crippen molar-refractivity contribution in [2.24, 2.45) is 17.6 Å². The van der Waals surface area contributed by atoms with Gasteiger partial charge in [-0.25, -0.2) is 4.39 Å². The van der Waals surface area contributed by atoms with E-state index in [1.807, 2.05) is 17.0 Å². The van der Waals surface area contributed by atoms with E-state index in [9.17, 15) is 14.0 Å². The van der Waals surface area contributed by atoms with Crippen LogP contribution in [0.5, 0.6) is 0 Å². The monoisotopic (exact) mass is 395 g/mol. The van der Waals surface area contributed by atoms with Gasteiger partial charge in [-0.05, 0) is 41.7 Å².